The molecule has 0 heterocycles. The summed E-state index contributed by atoms with van der Waals surface area (Å²) in [6, 6.07) is 9.50. The van der Waals surface area contributed by atoms with Crippen LogP contribution in [0.5, 0.6) is 0 Å². The largest absolute Gasteiger partial charge is 0.466 e. The molecule has 18 heavy (non-hydrogen) atoms. The van der Waals surface area contributed by atoms with Crippen molar-refractivity contribution in [3.05, 3.63) is 35.9 Å². The molecule has 98 valence electrons. The van der Waals surface area contributed by atoms with Crippen LogP contribution in [-0.2, 0) is 19.1 Å². The molecule has 0 saturated carbocycles. The highest BCUT2D eigenvalue weighted by atomic mass is 16.5. The molecule has 1 atom stereocenters. The summed E-state index contributed by atoms with van der Waals surface area (Å²) in [5.41, 5.74) is 0.965. The molecule has 0 radical (unpaired) electrons. The fourth-order valence-corrected chi connectivity index (χ4v) is 1.64. The Labute approximate surface area is 107 Å². The maximum Gasteiger partial charge on any atom is 0.306 e. The number of rotatable bonds is 6. The average molecular weight is 250 g/mol. The van der Waals surface area contributed by atoms with Crippen LogP contribution in [0, 0.1) is 0 Å². The third kappa shape index (κ3) is 4.99. The van der Waals surface area contributed by atoms with Crippen LogP contribution < -0.4 is 0 Å². The number of carbonyl (C=O) groups excluding carboxylic acids is 2. The van der Waals surface area contributed by atoms with Crippen molar-refractivity contribution in [2.75, 3.05) is 13.2 Å². The standard InChI is InChI=1S/C14H18O4/c1-3-17-14(16)9-13(10-18-11(2)15)12-7-5-4-6-8-12/h4-8,13H,3,9-10H2,1-2H3/t13-/m0/s1. The second-order valence-electron chi connectivity index (χ2n) is 3.92. The van der Waals surface area contributed by atoms with Gasteiger partial charge >= 0.3 is 11.9 Å². The van der Waals surface area contributed by atoms with E-state index in [-0.39, 0.29) is 30.9 Å². The van der Waals surface area contributed by atoms with Gasteiger partial charge in [-0.2, -0.15) is 0 Å². The van der Waals surface area contributed by atoms with Gasteiger partial charge in [0.25, 0.3) is 0 Å². The van der Waals surface area contributed by atoms with E-state index < -0.39 is 0 Å². The summed E-state index contributed by atoms with van der Waals surface area (Å²) in [5, 5.41) is 0. The average Bonchev–Trinajstić information content (AvgIpc) is 2.35. The topological polar surface area (TPSA) is 52.6 Å². The quantitative estimate of drug-likeness (QED) is 0.727. The summed E-state index contributed by atoms with van der Waals surface area (Å²) in [6.07, 6.45) is 0.213. The molecule has 0 bridgehead atoms. The monoisotopic (exact) mass is 250 g/mol. The van der Waals surface area contributed by atoms with Crippen LogP contribution in [0.3, 0.4) is 0 Å². The number of benzene rings is 1. The van der Waals surface area contributed by atoms with Gasteiger partial charge < -0.3 is 9.47 Å². The van der Waals surface area contributed by atoms with Crippen LogP contribution in [0.1, 0.15) is 31.7 Å². The van der Waals surface area contributed by atoms with Gasteiger partial charge in [0.05, 0.1) is 19.6 Å². The molecule has 0 aliphatic carbocycles. The maximum atomic E-state index is 11.5. The molecule has 1 aromatic carbocycles. The van der Waals surface area contributed by atoms with Crippen LogP contribution in [0.2, 0.25) is 0 Å². The van der Waals surface area contributed by atoms with E-state index in [4.69, 9.17) is 9.47 Å². The third-order valence-corrected chi connectivity index (χ3v) is 2.48. The molecule has 4 nitrogen and oxygen atoms in total. The van der Waals surface area contributed by atoms with Crippen molar-refractivity contribution in [2.45, 2.75) is 26.2 Å². The molecular weight excluding hydrogens is 232 g/mol. The minimum absolute atomic E-state index is 0.158. The van der Waals surface area contributed by atoms with Gasteiger partial charge in [-0.15, -0.1) is 0 Å². The molecule has 0 spiro atoms. The summed E-state index contributed by atoms with van der Waals surface area (Å²) in [5.74, 6) is -0.785. The van der Waals surface area contributed by atoms with E-state index in [1.165, 1.54) is 6.92 Å². The van der Waals surface area contributed by atoms with Gasteiger partial charge in [-0.3, -0.25) is 9.59 Å². The molecular formula is C14H18O4. The Bertz CT molecular complexity index is 386. The molecule has 0 saturated heterocycles. The Hall–Kier alpha value is -1.84. The van der Waals surface area contributed by atoms with Gasteiger partial charge in [-0.05, 0) is 12.5 Å². The second kappa shape index (κ2) is 7.48. The lowest BCUT2D eigenvalue weighted by molar-refractivity contribution is -0.147. The summed E-state index contributed by atoms with van der Waals surface area (Å²) in [4.78, 5) is 22.4. The smallest absolute Gasteiger partial charge is 0.306 e. The summed E-state index contributed by atoms with van der Waals surface area (Å²) in [6.45, 7) is 3.67. The lowest BCUT2D eigenvalue weighted by atomic mass is 9.97. The molecule has 0 aromatic heterocycles. The Morgan fingerprint density at radius 1 is 1.17 bits per heavy atom. The molecule has 1 rings (SSSR count). The first-order chi connectivity index (χ1) is 8.63. The van der Waals surface area contributed by atoms with E-state index in [1.807, 2.05) is 30.3 Å². The van der Waals surface area contributed by atoms with Gasteiger partial charge in [0.15, 0.2) is 0 Å². The first kappa shape index (κ1) is 14.2. The molecule has 0 aliphatic rings. The number of carbonyl (C=O) groups is 2. The molecule has 0 aliphatic heterocycles. The zero-order valence-electron chi connectivity index (χ0n) is 10.7. The van der Waals surface area contributed by atoms with Crippen molar-refractivity contribution >= 4 is 11.9 Å². The highest BCUT2D eigenvalue weighted by Crippen LogP contribution is 2.20. The van der Waals surface area contributed by atoms with Crippen molar-refractivity contribution in [3.63, 3.8) is 0 Å². The fraction of sp³-hybridized carbons (Fsp3) is 0.429. The van der Waals surface area contributed by atoms with Gasteiger partial charge in [-0.1, -0.05) is 30.3 Å². The molecule has 0 amide bonds. The Morgan fingerprint density at radius 2 is 1.83 bits per heavy atom. The minimum Gasteiger partial charge on any atom is -0.466 e. The second-order valence-corrected chi connectivity index (χ2v) is 3.92. The van der Waals surface area contributed by atoms with E-state index >= 15 is 0 Å². The third-order valence-electron chi connectivity index (χ3n) is 2.48. The summed E-state index contributed by atoms with van der Waals surface area (Å²) in [7, 11) is 0. The summed E-state index contributed by atoms with van der Waals surface area (Å²) < 4.78 is 9.91. The highest BCUT2D eigenvalue weighted by molar-refractivity contribution is 5.71. The van der Waals surface area contributed by atoms with E-state index in [0.29, 0.717) is 6.61 Å². The normalized spacial score (nSPS) is 11.7. The number of esters is 2. The molecule has 0 N–H and O–H groups in total. The molecule has 0 fully saturated rings. The van der Waals surface area contributed by atoms with Crippen molar-refractivity contribution in [1.82, 2.24) is 0 Å². The Balaban J connectivity index is 2.69. The molecule has 0 unspecified atom stereocenters. The van der Waals surface area contributed by atoms with Crippen LogP contribution in [-0.4, -0.2) is 25.2 Å². The van der Waals surface area contributed by atoms with Gasteiger partial charge in [0, 0.05) is 12.8 Å². The van der Waals surface area contributed by atoms with Crippen LogP contribution >= 0.6 is 0 Å². The first-order valence-corrected chi connectivity index (χ1v) is 5.97. The van der Waals surface area contributed by atoms with Gasteiger partial charge in [0.1, 0.15) is 0 Å². The predicted molar refractivity (Wildman–Crippen MR) is 67.1 cm³/mol. The highest BCUT2D eigenvalue weighted by Gasteiger charge is 2.18. The van der Waals surface area contributed by atoms with E-state index in [1.54, 1.807) is 6.92 Å². The lowest BCUT2D eigenvalue weighted by Gasteiger charge is -2.16. The van der Waals surface area contributed by atoms with Crippen LogP contribution in [0.4, 0.5) is 0 Å². The van der Waals surface area contributed by atoms with Crippen molar-refractivity contribution < 1.29 is 19.1 Å². The Morgan fingerprint density at radius 3 is 2.39 bits per heavy atom. The number of hydrogen-bond acceptors (Lipinski definition) is 4. The minimum atomic E-state index is -0.347. The van der Waals surface area contributed by atoms with Crippen molar-refractivity contribution in [3.8, 4) is 0 Å². The Kier molecular flexibility index (Phi) is 5.91. The zero-order valence-corrected chi connectivity index (χ0v) is 10.7. The van der Waals surface area contributed by atoms with Gasteiger partial charge in [0.2, 0.25) is 0 Å². The molecule has 4 heteroatoms. The summed E-state index contributed by atoms with van der Waals surface area (Å²) >= 11 is 0. The number of hydrogen-bond donors (Lipinski definition) is 0. The number of ether oxygens (including phenoxy) is 2. The zero-order chi connectivity index (χ0) is 13.4. The van der Waals surface area contributed by atoms with E-state index in [0.717, 1.165) is 5.56 Å². The first-order valence-electron chi connectivity index (χ1n) is 5.97. The van der Waals surface area contributed by atoms with E-state index in [2.05, 4.69) is 0 Å². The SMILES string of the molecule is CCOC(=O)C[C@@H](COC(C)=O)c1ccccc1. The van der Waals surface area contributed by atoms with Crippen molar-refractivity contribution in [2.24, 2.45) is 0 Å². The van der Waals surface area contributed by atoms with E-state index in [9.17, 15) is 9.59 Å². The van der Waals surface area contributed by atoms with Crippen LogP contribution in [0.25, 0.3) is 0 Å². The fourth-order valence-electron chi connectivity index (χ4n) is 1.64. The maximum absolute atomic E-state index is 11.5. The van der Waals surface area contributed by atoms with Crippen molar-refractivity contribution in [1.29, 1.82) is 0 Å². The molecule has 1 aromatic rings. The lowest BCUT2D eigenvalue weighted by Crippen LogP contribution is -2.16. The van der Waals surface area contributed by atoms with Gasteiger partial charge in [-0.25, -0.2) is 0 Å². The van der Waals surface area contributed by atoms with Crippen LogP contribution in [0.15, 0.2) is 30.3 Å². The predicted octanol–water partition coefficient (Wildman–Crippen LogP) is 2.29.